The number of nitrogens with one attached hydrogen (secondary N) is 2. The minimum atomic E-state index is -0.453. The molecule has 1 aromatic rings. The fraction of sp³-hybridized carbons (Fsp3) is 0.500. The maximum absolute atomic E-state index is 13.6. The van der Waals surface area contributed by atoms with Gasteiger partial charge in [0.05, 0.1) is 18.7 Å². The van der Waals surface area contributed by atoms with Gasteiger partial charge in [-0.3, -0.25) is 4.79 Å². The maximum atomic E-state index is 13.6. The molecule has 0 spiro atoms. The second-order valence-corrected chi connectivity index (χ2v) is 5.03. The van der Waals surface area contributed by atoms with Crippen molar-refractivity contribution in [3.8, 4) is 5.75 Å². The van der Waals surface area contributed by atoms with Gasteiger partial charge in [0, 0.05) is 12.6 Å². The van der Waals surface area contributed by atoms with Gasteiger partial charge in [-0.05, 0) is 31.0 Å². The number of ether oxygens (including phenoxy) is 1. The van der Waals surface area contributed by atoms with Gasteiger partial charge in [-0.2, -0.15) is 0 Å². The molecule has 0 saturated carbocycles. The number of anilines is 1. The molecule has 1 aliphatic heterocycles. The lowest BCUT2D eigenvalue weighted by atomic mass is 9.91. The minimum Gasteiger partial charge on any atom is -0.497 e. The molecule has 0 aromatic heterocycles. The van der Waals surface area contributed by atoms with E-state index in [-0.39, 0.29) is 17.5 Å². The summed E-state index contributed by atoms with van der Waals surface area (Å²) >= 11 is 0. The van der Waals surface area contributed by atoms with Crippen LogP contribution >= 0.6 is 0 Å². The Hall–Kier alpha value is -1.62. The lowest BCUT2D eigenvalue weighted by Gasteiger charge is -2.26. The van der Waals surface area contributed by atoms with Gasteiger partial charge >= 0.3 is 0 Å². The summed E-state index contributed by atoms with van der Waals surface area (Å²) < 4.78 is 18.6. The molecule has 4 nitrogen and oxygen atoms in total. The van der Waals surface area contributed by atoms with Crippen molar-refractivity contribution < 1.29 is 13.9 Å². The highest BCUT2D eigenvalue weighted by Gasteiger charge is 2.25. The molecule has 0 bridgehead atoms. The first kappa shape index (κ1) is 13.8. The second kappa shape index (κ2) is 6.02. The highest BCUT2D eigenvalue weighted by molar-refractivity contribution is 5.93. The van der Waals surface area contributed by atoms with Gasteiger partial charge in [-0.15, -0.1) is 0 Å². The minimum absolute atomic E-state index is 0.116. The van der Waals surface area contributed by atoms with Crippen LogP contribution in [0, 0.1) is 17.7 Å². The number of halogens is 1. The summed E-state index contributed by atoms with van der Waals surface area (Å²) in [7, 11) is 1.51. The van der Waals surface area contributed by atoms with Crippen LogP contribution in [0.25, 0.3) is 0 Å². The number of hydrogen-bond acceptors (Lipinski definition) is 3. The Morgan fingerprint density at radius 2 is 2.26 bits per heavy atom. The summed E-state index contributed by atoms with van der Waals surface area (Å²) in [5.41, 5.74) is 0.169. The highest BCUT2D eigenvalue weighted by Crippen LogP contribution is 2.23. The molecule has 1 aromatic carbocycles. The number of benzene rings is 1. The number of piperidine rings is 1. The predicted molar refractivity (Wildman–Crippen MR) is 71.7 cm³/mol. The molecule has 5 heteroatoms. The van der Waals surface area contributed by atoms with Crippen LogP contribution in [-0.4, -0.2) is 26.1 Å². The second-order valence-electron chi connectivity index (χ2n) is 5.03. The molecule has 2 rings (SSSR count). The molecule has 1 amide bonds. The smallest absolute Gasteiger partial charge is 0.228 e. The first-order valence-corrected chi connectivity index (χ1v) is 6.45. The molecule has 0 aliphatic carbocycles. The molecule has 19 heavy (non-hydrogen) atoms. The van der Waals surface area contributed by atoms with Crippen molar-refractivity contribution in [3.05, 3.63) is 24.0 Å². The molecule has 104 valence electrons. The van der Waals surface area contributed by atoms with Crippen LogP contribution in [-0.2, 0) is 4.79 Å². The van der Waals surface area contributed by atoms with Crippen LogP contribution < -0.4 is 15.4 Å². The summed E-state index contributed by atoms with van der Waals surface area (Å²) in [6.07, 6.45) is 0.824. The molecule has 2 N–H and O–H groups in total. The zero-order valence-corrected chi connectivity index (χ0v) is 11.2. The van der Waals surface area contributed by atoms with Crippen LogP contribution in [0.2, 0.25) is 0 Å². The SMILES string of the molecule is COc1ccc(F)c(NC(=O)C2CNCC(C)C2)c1. The average molecular weight is 266 g/mol. The summed E-state index contributed by atoms with van der Waals surface area (Å²) in [4.78, 5) is 12.1. The monoisotopic (exact) mass is 266 g/mol. The number of carbonyl (C=O) groups excluding carboxylic acids is 1. The van der Waals surface area contributed by atoms with E-state index in [1.165, 1.54) is 25.3 Å². The summed E-state index contributed by atoms with van der Waals surface area (Å²) in [5.74, 6) is 0.262. The van der Waals surface area contributed by atoms with Crippen LogP contribution in [0.5, 0.6) is 5.75 Å². The molecular weight excluding hydrogens is 247 g/mol. The molecule has 1 fully saturated rings. The van der Waals surface area contributed by atoms with E-state index in [2.05, 4.69) is 17.6 Å². The fourth-order valence-electron chi connectivity index (χ4n) is 2.32. The molecule has 0 radical (unpaired) electrons. The zero-order chi connectivity index (χ0) is 13.8. The summed E-state index contributed by atoms with van der Waals surface area (Å²) in [5, 5.41) is 5.85. The van der Waals surface area contributed by atoms with Gasteiger partial charge in [0.2, 0.25) is 5.91 Å². The van der Waals surface area contributed by atoms with Crippen molar-refractivity contribution in [2.45, 2.75) is 13.3 Å². The first-order chi connectivity index (χ1) is 9.10. The largest absolute Gasteiger partial charge is 0.497 e. The maximum Gasteiger partial charge on any atom is 0.228 e. The van der Waals surface area contributed by atoms with Crippen LogP contribution in [0.3, 0.4) is 0 Å². The average Bonchev–Trinajstić information content (AvgIpc) is 2.41. The van der Waals surface area contributed by atoms with E-state index in [1.54, 1.807) is 0 Å². The number of hydrogen-bond donors (Lipinski definition) is 2. The molecule has 1 aliphatic rings. The van der Waals surface area contributed by atoms with Crippen molar-refractivity contribution in [2.24, 2.45) is 11.8 Å². The van der Waals surface area contributed by atoms with E-state index in [9.17, 15) is 9.18 Å². The lowest BCUT2D eigenvalue weighted by Crippen LogP contribution is -2.41. The van der Waals surface area contributed by atoms with Gasteiger partial charge in [-0.25, -0.2) is 4.39 Å². The molecular formula is C14H19FN2O2. The van der Waals surface area contributed by atoms with Gasteiger partial charge < -0.3 is 15.4 Å². The third kappa shape index (κ3) is 3.44. The van der Waals surface area contributed by atoms with Crippen molar-refractivity contribution in [1.29, 1.82) is 0 Å². The molecule has 2 atom stereocenters. The van der Waals surface area contributed by atoms with E-state index in [0.29, 0.717) is 18.2 Å². The standard InChI is InChI=1S/C14H19FN2O2/c1-9-5-10(8-16-7-9)14(18)17-13-6-11(19-2)3-4-12(13)15/h3-4,6,9-10,16H,5,7-8H2,1-2H3,(H,17,18). The predicted octanol–water partition coefficient (Wildman–Crippen LogP) is 2.02. The van der Waals surface area contributed by atoms with E-state index in [1.807, 2.05) is 0 Å². The lowest BCUT2D eigenvalue weighted by molar-refractivity contribution is -0.120. The number of amides is 1. The Kier molecular flexibility index (Phi) is 4.37. The number of carbonyl (C=O) groups is 1. The van der Waals surface area contributed by atoms with E-state index >= 15 is 0 Å². The third-order valence-electron chi connectivity index (χ3n) is 3.37. The van der Waals surface area contributed by atoms with Crippen molar-refractivity contribution in [2.75, 3.05) is 25.5 Å². The normalized spacial score (nSPS) is 22.9. The Labute approximate surface area is 112 Å². The van der Waals surface area contributed by atoms with Gasteiger partial charge in [0.25, 0.3) is 0 Å². The van der Waals surface area contributed by atoms with E-state index in [4.69, 9.17) is 4.74 Å². The summed E-state index contributed by atoms with van der Waals surface area (Å²) in [6, 6.07) is 4.30. The Balaban J connectivity index is 2.05. The van der Waals surface area contributed by atoms with Gasteiger partial charge in [0.1, 0.15) is 11.6 Å². The first-order valence-electron chi connectivity index (χ1n) is 6.45. The Morgan fingerprint density at radius 3 is 2.95 bits per heavy atom. The van der Waals surface area contributed by atoms with E-state index in [0.717, 1.165) is 13.0 Å². The topological polar surface area (TPSA) is 50.4 Å². The van der Waals surface area contributed by atoms with Crippen molar-refractivity contribution >= 4 is 11.6 Å². The third-order valence-corrected chi connectivity index (χ3v) is 3.37. The zero-order valence-electron chi connectivity index (χ0n) is 11.2. The van der Waals surface area contributed by atoms with E-state index < -0.39 is 5.82 Å². The van der Waals surface area contributed by atoms with Gasteiger partial charge in [-0.1, -0.05) is 6.92 Å². The molecule has 2 unspecified atom stereocenters. The van der Waals surface area contributed by atoms with Crippen LogP contribution in [0.4, 0.5) is 10.1 Å². The Morgan fingerprint density at radius 1 is 1.47 bits per heavy atom. The summed E-state index contributed by atoms with van der Waals surface area (Å²) in [6.45, 7) is 3.66. The quantitative estimate of drug-likeness (QED) is 0.880. The highest BCUT2D eigenvalue weighted by atomic mass is 19.1. The fourth-order valence-corrected chi connectivity index (χ4v) is 2.32. The van der Waals surface area contributed by atoms with Crippen molar-refractivity contribution in [3.63, 3.8) is 0 Å². The molecule has 1 heterocycles. The molecule has 1 saturated heterocycles. The van der Waals surface area contributed by atoms with Crippen LogP contribution in [0.15, 0.2) is 18.2 Å². The number of methoxy groups -OCH3 is 1. The number of rotatable bonds is 3. The van der Waals surface area contributed by atoms with Crippen LogP contribution in [0.1, 0.15) is 13.3 Å². The van der Waals surface area contributed by atoms with Gasteiger partial charge in [0.15, 0.2) is 0 Å². The Bertz CT molecular complexity index is 465. The van der Waals surface area contributed by atoms with Crippen molar-refractivity contribution in [1.82, 2.24) is 5.32 Å².